The van der Waals surface area contributed by atoms with Gasteiger partial charge < -0.3 is 16.0 Å². The summed E-state index contributed by atoms with van der Waals surface area (Å²) in [6.45, 7) is 5.00. The van der Waals surface area contributed by atoms with Gasteiger partial charge in [-0.3, -0.25) is 4.79 Å². The molecular weight excluding hydrogens is 274 g/mol. The molecule has 0 aromatic heterocycles. The van der Waals surface area contributed by atoms with Gasteiger partial charge in [-0.1, -0.05) is 13.0 Å². The maximum Gasteiger partial charge on any atom is 0.315 e. The minimum absolute atomic E-state index is 0.0216. The molecule has 0 saturated heterocycles. The molecule has 108 valence electrons. The average molecular weight is 293 g/mol. The van der Waals surface area contributed by atoms with Crippen LogP contribution in [0.4, 0.5) is 10.5 Å². The molecule has 6 heteroatoms. The average Bonchev–Trinajstić information content (AvgIpc) is 2.44. The number of hydrogen-bond donors (Lipinski definition) is 3. The lowest BCUT2D eigenvalue weighted by Gasteiger charge is -2.22. The number of anilines is 1. The summed E-state index contributed by atoms with van der Waals surface area (Å²) >= 11 is 1.55. The van der Waals surface area contributed by atoms with Gasteiger partial charge in [0.05, 0.1) is 10.9 Å². The van der Waals surface area contributed by atoms with E-state index in [1.807, 2.05) is 32.0 Å². The number of urea groups is 1. The summed E-state index contributed by atoms with van der Waals surface area (Å²) in [5, 5.41) is 8.37. The van der Waals surface area contributed by atoms with Gasteiger partial charge in [-0.2, -0.15) is 0 Å². The number of fused-ring (bicyclic) bond motifs is 1. The van der Waals surface area contributed by atoms with Crippen molar-refractivity contribution in [3.8, 4) is 0 Å². The molecule has 1 atom stereocenters. The Hall–Kier alpha value is -1.69. The largest absolute Gasteiger partial charge is 0.338 e. The van der Waals surface area contributed by atoms with Crippen molar-refractivity contribution in [1.82, 2.24) is 10.6 Å². The maximum atomic E-state index is 11.6. The summed E-state index contributed by atoms with van der Waals surface area (Å²) in [5.74, 6) is 0.0216. The van der Waals surface area contributed by atoms with E-state index in [0.29, 0.717) is 13.1 Å². The molecule has 1 aliphatic heterocycles. The first-order chi connectivity index (χ1) is 9.60. The molecule has 20 heavy (non-hydrogen) atoms. The third-order valence-corrected chi connectivity index (χ3v) is 4.14. The molecule has 1 heterocycles. The standard InChI is InChI=1S/C14H19N3O2S/c1-3-6-15-14(19)16-8-10-4-5-12-11(7-10)17-13(18)9(2)20-12/h4-5,7,9H,3,6,8H2,1-2H3,(H,17,18)(H2,15,16,19). The fraction of sp³-hybridized carbons (Fsp3) is 0.429. The summed E-state index contributed by atoms with van der Waals surface area (Å²) in [6.07, 6.45) is 0.910. The van der Waals surface area contributed by atoms with Crippen LogP contribution in [0, 0.1) is 0 Å². The number of amides is 3. The Balaban J connectivity index is 1.96. The normalized spacial score (nSPS) is 17.1. The van der Waals surface area contributed by atoms with Crippen molar-refractivity contribution in [2.75, 3.05) is 11.9 Å². The third kappa shape index (κ3) is 3.66. The topological polar surface area (TPSA) is 70.2 Å². The van der Waals surface area contributed by atoms with Crippen LogP contribution < -0.4 is 16.0 Å². The molecule has 0 saturated carbocycles. The van der Waals surface area contributed by atoms with Gasteiger partial charge in [0.2, 0.25) is 5.91 Å². The predicted molar refractivity (Wildman–Crippen MR) is 80.9 cm³/mol. The van der Waals surface area contributed by atoms with Gasteiger partial charge in [0.15, 0.2) is 0 Å². The van der Waals surface area contributed by atoms with E-state index in [1.165, 1.54) is 0 Å². The van der Waals surface area contributed by atoms with Gasteiger partial charge in [-0.25, -0.2) is 4.79 Å². The van der Waals surface area contributed by atoms with Gasteiger partial charge in [0.25, 0.3) is 0 Å². The molecule has 3 N–H and O–H groups in total. The van der Waals surface area contributed by atoms with E-state index < -0.39 is 0 Å². The van der Waals surface area contributed by atoms with Crippen molar-refractivity contribution < 1.29 is 9.59 Å². The Morgan fingerprint density at radius 1 is 1.40 bits per heavy atom. The zero-order valence-corrected chi connectivity index (χ0v) is 12.5. The van der Waals surface area contributed by atoms with Crippen LogP contribution in [-0.2, 0) is 11.3 Å². The van der Waals surface area contributed by atoms with Crippen LogP contribution in [0.25, 0.3) is 0 Å². The quantitative estimate of drug-likeness (QED) is 0.798. The zero-order valence-electron chi connectivity index (χ0n) is 11.7. The van der Waals surface area contributed by atoms with E-state index in [4.69, 9.17) is 0 Å². The van der Waals surface area contributed by atoms with Crippen LogP contribution in [0.3, 0.4) is 0 Å². The number of nitrogens with one attached hydrogen (secondary N) is 3. The molecule has 1 aliphatic rings. The lowest BCUT2D eigenvalue weighted by atomic mass is 10.2. The first-order valence-electron chi connectivity index (χ1n) is 6.72. The van der Waals surface area contributed by atoms with Crippen LogP contribution in [0.15, 0.2) is 23.1 Å². The van der Waals surface area contributed by atoms with Crippen molar-refractivity contribution in [3.05, 3.63) is 23.8 Å². The van der Waals surface area contributed by atoms with Gasteiger partial charge in [-0.05, 0) is 31.0 Å². The molecule has 0 radical (unpaired) electrons. The molecular formula is C14H19N3O2S. The molecule has 0 spiro atoms. The van der Waals surface area contributed by atoms with E-state index in [2.05, 4.69) is 16.0 Å². The number of hydrogen-bond acceptors (Lipinski definition) is 3. The molecule has 0 bridgehead atoms. The van der Waals surface area contributed by atoms with E-state index >= 15 is 0 Å². The second kappa shape index (κ2) is 6.65. The lowest BCUT2D eigenvalue weighted by molar-refractivity contribution is -0.115. The van der Waals surface area contributed by atoms with E-state index in [-0.39, 0.29) is 17.2 Å². The summed E-state index contributed by atoms with van der Waals surface area (Å²) in [6, 6.07) is 5.69. The highest BCUT2D eigenvalue weighted by atomic mass is 32.2. The molecule has 3 amide bonds. The van der Waals surface area contributed by atoms with Gasteiger partial charge in [-0.15, -0.1) is 11.8 Å². The minimum Gasteiger partial charge on any atom is -0.338 e. The monoisotopic (exact) mass is 293 g/mol. The predicted octanol–water partition coefficient (Wildman–Crippen LogP) is 2.33. The van der Waals surface area contributed by atoms with Crippen molar-refractivity contribution in [2.45, 2.75) is 37.0 Å². The van der Waals surface area contributed by atoms with Crippen LogP contribution in [-0.4, -0.2) is 23.7 Å². The maximum absolute atomic E-state index is 11.6. The fourth-order valence-corrected chi connectivity index (χ4v) is 2.78. The molecule has 0 fully saturated rings. The molecule has 1 aromatic carbocycles. The summed E-state index contributed by atoms with van der Waals surface area (Å²) in [7, 11) is 0. The number of carbonyl (C=O) groups excluding carboxylic acids is 2. The van der Waals surface area contributed by atoms with Gasteiger partial charge >= 0.3 is 6.03 Å². The van der Waals surface area contributed by atoms with Crippen molar-refractivity contribution in [3.63, 3.8) is 0 Å². The minimum atomic E-state index is -0.170. The summed E-state index contributed by atoms with van der Waals surface area (Å²) in [4.78, 5) is 24.2. The van der Waals surface area contributed by atoms with Crippen molar-refractivity contribution in [2.24, 2.45) is 0 Å². The van der Waals surface area contributed by atoms with Gasteiger partial charge in [0, 0.05) is 18.0 Å². The van der Waals surface area contributed by atoms with Gasteiger partial charge in [0.1, 0.15) is 0 Å². The first-order valence-corrected chi connectivity index (χ1v) is 7.60. The van der Waals surface area contributed by atoms with Crippen LogP contribution >= 0.6 is 11.8 Å². The molecule has 1 unspecified atom stereocenters. The highest BCUT2D eigenvalue weighted by Crippen LogP contribution is 2.35. The van der Waals surface area contributed by atoms with E-state index in [1.54, 1.807) is 11.8 Å². The highest BCUT2D eigenvalue weighted by Gasteiger charge is 2.22. The Bertz CT molecular complexity index is 519. The molecule has 2 rings (SSSR count). The van der Waals surface area contributed by atoms with Crippen LogP contribution in [0.5, 0.6) is 0 Å². The number of thioether (sulfide) groups is 1. The summed E-state index contributed by atoms with van der Waals surface area (Å²) in [5.41, 5.74) is 1.79. The van der Waals surface area contributed by atoms with E-state index in [0.717, 1.165) is 22.6 Å². The Kier molecular flexibility index (Phi) is 4.89. The van der Waals surface area contributed by atoms with E-state index in [9.17, 15) is 9.59 Å². The van der Waals surface area contributed by atoms with Crippen LogP contribution in [0.2, 0.25) is 0 Å². The SMILES string of the molecule is CCCNC(=O)NCc1ccc2c(c1)NC(=O)C(C)S2. The second-order valence-corrected chi connectivity index (χ2v) is 6.07. The Morgan fingerprint density at radius 2 is 2.20 bits per heavy atom. The highest BCUT2D eigenvalue weighted by molar-refractivity contribution is 8.00. The Labute approximate surface area is 122 Å². The summed E-state index contributed by atoms with van der Waals surface area (Å²) < 4.78 is 0. The second-order valence-electron chi connectivity index (χ2n) is 4.69. The number of rotatable bonds is 4. The van der Waals surface area contributed by atoms with Crippen molar-refractivity contribution in [1.29, 1.82) is 0 Å². The molecule has 1 aromatic rings. The zero-order chi connectivity index (χ0) is 14.5. The molecule has 0 aliphatic carbocycles. The molecule has 5 nitrogen and oxygen atoms in total. The first kappa shape index (κ1) is 14.7. The van der Waals surface area contributed by atoms with Crippen molar-refractivity contribution >= 4 is 29.4 Å². The number of benzene rings is 1. The van der Waals surface area contributed by atoms with Crippen LogP contribution in [0.1, 0.15) is 25.8 Å². The third-order valence-electron chi connectivity index (χ3n) is 2.96. The Morgan fingerprint density at radius 3 is 2.95 bits per heavy atom. The number of carbonyl (C=O) groups is 2. The lowest BCUT2D eigenvalue weighted by Crippen LogP contribution is -2.35. The fourth-order valence-electron chi connectivity index (χ4n) is 1.85. The smallest absolute Gasteiger partial charge is 0.315 e.